The van der Waals surface area contributed by atoms with Gasteiger partial charge < -0.3 is 14.7 Å². The maximum Gasteiger partial charge on any atom is 0.326 e. The van der Waals surface area contributed by atoms with Crippen LogP contribution in [0, 0.1) is 5.92 Å². The van der Waals surface area contributed by atoms with Gasteiger partial charge in [0.2, 0.25) is 5.91 Å². The number of rotatable bonds is 10. The number of ether oxygens (including phenoxy) is 1. The maximum atomic E-state index is 13.4. The summed E-state index contributed by atoms with van der Waals surface area (Å²) >= 11 is 1.60. The second-order valence-corrected chi connectivity index (χ2v) is 9.67. The second kappa shape index (κ2) is 11.7. The Morgan fingerprint density at radius 2 is 1.94 bits per heavy atom. The van der Waals surface area contributed by atoms with Gasteiger partial charge in [-0.2, -0.15) is 11.8 Å². The Morgan fingerprint density at radius 3 is 2.62 bits per heavy atom. The molecule has 1 aliphatic carbocycles. The van der Waals surface area contributed by atoms with Crippen LogP contribution in [0.15, 0.2) is 30.3 Å². The maximum absolute atomic E-state index is 13.4. The van der Waals surface area contributed by atoms with E-state index in [1.807, 2.05) is 30.3 Å². The number of fused-ring (bicyclic) bond motifs is 1. The van der Waals surface area contributed by atoms with Crippen LogP contribution < -0.4 is 5.32 Å². The zero-order chi connectivity index (χ0) is 23.1. The van der Waals surface area contributed by atoms with Crippen LogP contribution in [0.3, 0.4) is 0 Å². The number of likely N-dealkylation sites (tertiary alicyclic amines) is 1. The highest BCUT2D eigenvalue weighted by Crippen LogP contribution is 2.40. The van der Waals surface area contributed by atoms with Gasteiger partial charge in [-0.15, -0.1) is 0 Å². The SMILES string of the molecule is CCOC(=O)[C@H](CSCc1ccccc1)N[C@@H](C)C(=O)N1[C@@H]2CCCC[C@@H]2C[C@H]1C(=O)O. The first-order valence-electron chi connectivity index (χ1n) is 11.5. The molecule has 5 atom stereocenters. The molecule has 1 amide bonds. The van der Waals surface area contributed by atoms with E-state index in [-0.39, 0.29) is 30.4 Å². The molecule has 1 aromatic carbocycles. The van der Waals surface area contributed by atoms with E-state index in [2.05, 4.69) is 5.32 Å². The summed E-state index contributed by atoms with van der Waals surface area (Å²) in [6, 6.07) is 7.86. The fourth-order valence-electron chi connectivity index (χ4n) is 4.89. The van der Waals surface area contributed by atoms with Gasteiger partial charge in [-0.1, -0.05) is 43.2 Å². The molecule has 3 rings (SSSR count). The van der Waals surface area contributed by atoms with E-state index in [1.54, 1.807) is 30.5 Å². The molecule has 1 saturated heterocycles. The third-order valence-electron chi connectivity index (χ3n) is 6.42. The number of hydrogen-bond acceptors (Lipinski definition) is 6. The zero-order valence-electron chi connectivity index (χ0n) is 18.9. The molecule has 176 valence electrons. The molecule has 1 aliphatic heterocycles. The number of esters is 1. The number of nitrogens with one attached hydrogen (secondary N) is 1. The van der Waals surface area contributed by atoms with Crippen LogP contribution in [0.1, 0.15) is 51.5 Å². The van der Waals surface area contributed by atoms with Crippen LogP contribution in [-0.2, 0) is 24.9 Å². The van der Waals surface area contributed by atoms with Gasteiger partial charge in [-0.05, 0) is 44.6 Å². The van der Waals surface area contributed by atoms with Gasteiger partial charge in [0.15, 0.2) is 0 Å². The summed E-state index contributed by atoms with van der Waals surface area (Å²) in [7, 11) is 0. The minimum atomic E-state index is -0.944. The Kier molecular flexibility index (Phi) is 8.99. The Labute approximate surface area is 194 Å². The lowest BCUT2D eigenvalue weighted by Crippen LogP contribution is -2.56. The van der Waals surface area contributed by atoms with E-state index < -0.39 is 24.1 Å². The van der Waals surface area contributed by atoms with Crippen molar-refractivity contribution >= 4 is 29.6 Å². The minimum absolute atomic E-state index is 0.0184. The van der Waals surface area contributed by atoms with Crippen LogP contribution in [0.25, 0.3) is 0 Å². The number of aliphatic carboxylic acids is 1. The molecule has 2 fully saturated rings. The van der Waals surface area contributed by atoms with Gasteiger partial charge in [0.25, 0.3) is 0 Å². The van der Waals surface area contributed by atoms with Crippen LogP contribution in [-0.4, -0.2) is 64.4 Å². The van der Waals surface area contributed by atoms with E-state index in [9.17, 15) is 19.5 Å². The van der Waals surface area contributed by atoms with Crippen molar-refractivity contribution in [3.8, 4) is 0 Å². The van der Waals surface area contributed by atoms with Crippen molar-refractivity contribution in [3.05, 3.63) is 35.9 Å². The Balaban J connectivity index is 1.65. The first-order valence-corrected chi connectivity index (χ1v) is 12.7. The Hall–Kier alpha value is -2.06. The highest BCUT2D eigenvalue weighted by molar-refractivity contribution is 7.98. The molecule has 0 unspecified atom stereocenters. The van der Waals surface area contributed by atoms with E-state index >= 15 is 0 Å². The van der Waals surface area contributed by atoms with E-state index in [0.29, 0.717) is 12.2 Å². The highest BCUT2D eigenvalue weighted by Gasteiger charge is 2.48. The summed E-state index contributed by atoms with van der Waals surface area (Å²) in [5, 5.41) is 12.9. The fourth-order valence-corrected chi connectivity index (χ4v) is 5.90. The number of carbonyl (C=O) groups is 3. The Bertz CT molecular complexity index is 790. The second-order valence-electron chi connectivity index (χ2n) is 8.64. The monoisotopic (exact) mass is 462 g/mol. The van der Waals surface area contributed by atoms with E-state index in [4.69, 9.17) is 4.74 Å². The molecule has 0 bridgehead atoms. The number of nitrogens with zero attached hydrogens (tertiary/aromatic N) is 1. The number of benzene rings is 1. The van der Waals surface area contributed by atoms with Gasteiger partial charge in [0, 0.05) is 17.5 Å². The molecule has 0 spiro atoms. The number of carboxylic acids is 1. The summed E-state index contributed by atoms with van der Waals surface area (Å²) in [5.74, 6) is -0.116. The van der Waals surface area contributed by atoms with E-state index in [1.165, 1.54) is 0 Å². The molecule has 1 saturated carbocycles. The quantitative estimate of drug-likeness (QED) is 0.516. The van der Waals surface area contributed by atoms with Gasteiger partial charge in [-0.25, -0.2) is 4.79 Å². The summed E-state index contributed by atoms with van der Waals surface area (Å²) in [4.78, 5) is 39.4. The van der Waals surface area contributed by atoms with Gasteiger partial charge in [-0.3, -0.25) is 14.9 Å². The van der Waals surface area contributed by atoms with Crippen LogP contribution >= 0.6 is 11.8 Å². The molecular formula is C24H34N2O5S. The molecule has 1 heterocycles. The number of carbonyl (C=O) groups excluding carboxylic acids is 2. The van der Waals surface area contributed by atoms with Crippen molar-refractivity contribution in [1.82, 2.24) is 10.2 Å². The third-order valence-corrected chi connectivity index (χ3v) is 7.52. The summed E-state index contributed by atoms with van der Waals surface area (Å²) in [5.41, 5.74) is 1.16. The van der Waals surface area contributed by atoms with Crippen LogP contribution in [0.2, 0.25) is 0 Å². The number of thioether (sulfide) groups is 1. The number of carboxylic acid groups (broad SMARTS) is 1. The topological polar surface area (TPSA) is 95.9 Å². The first kappa shape index (κ1) is 24.6. The number of hydrogen-bond donors (Lipinski definition) is 2. The lowest BCUT2D eigenvalue weighted by atomic mass is 9.84. The summed E-state index contributed by atoms with van der Waals surface area (Å²) in [6.45, 7) is 3.73. The lowest BCUT2D eigenvalue weighted by molar-refractivity contribution is -0.151. The van der Waals surface area contributed by atoms with Crippen molar-refractivity contribution < 1.29 is 24.2 Å². The lowest BCUT2D eigenvalue weighted by Gasteiger charge is -2.35. The largest absolute Gasteiger partial charge is 0.480 e. The van der Waals surface area contributed by atoms with Gasteiger partial charge in [0.1, 0.15) is 12.1 Å². The first-order chi connectivity index (χ1) is 15.4. The molecule has 2 N–H and O–H groups in total. The average molecular weight is 463 g/mol. The number of amides is 1. The summed E-state index contributed by atoms with van der Waals surface area (Å²) < 4.78 is 5.22. The smallest absolute Gasteiger partial charge is 0.326 e. The summed E-state index contributed by atoms with van der Waals surface area (Å²) in [6.07, 6.45) is 4.45. The molecule has 1 aromatic rings. The molecule has 32 heavy (non-hydrogen) atoms. The van der Waals surface area contributed by atoms with Crippen LogP contribution in [0.4, 0.5) is 0 Å². The predicted octanol–water partition coefficient (Wildman–Crippen LogP) is 3.07. The van der Waals surface area contributed by atoms with Crippen molar-refractivity contribution in [2.24, 2.45) is 5.92 Å². The highest BCUT2D eigenvalue weighted by atomic mass is 32.2. The molecule has 8 heteroatoms. The van der Waals surface area contributed by atoms with E-state index in [0.717, 1.165) is 37.0 Å². The fraction of sp³-hybridized carbons (Fsp3) is 0.625. The molecule has 7 nitrogen and oxygen atoms in total. The molecule has 0 radical (unpaired) electrons. The normalized spacial score (nSPS) is 24.4. The zero-order valence-corrected chi connectivity index (χ0v) is 19.7. The standard InChI is InChI=1S/C24H34N2O5S/c1-3-31-24(30)19(15-32-14-17-9-5-4-6-10-17)25-16(2)22(27)26-20-12-8-7-11-18(20)13-21(26)23(28)29/h4-6,9-10,16,18-21,25H,3,7-8,11-15H2,1-2H3,(H,28,29)/t16-,18+,19-,20+,21-/m0/s1. The van der Waals surface area contributed by atoms with Gasteiger partial charge >= 0.3 is 11.9 Å². The Morgan fingerprint density at radius 1 is 1.22 bits per heavy atom. The van der Waals surface area contributed by atoms with Crippen molar-refractivity contribution in [2.45, 2.75) is 75.9 Å². The predicted molar refractivity (Wildman–Crippen MR) is 124 cm³/mol. The van der Waals surface area contributed by atoms with Crippen molar-refractivity contribution in [2.75, 3.05) is 12.4 Å². The van der Waals surface area contributed by atoms with Crippen LogP contribution in [0.5, 0.6) is 0 Å². The average Bonchev–Trinajstić information content (AvgIpc) is 3.18. The molecular weight excluding hydrogens is 428 g/mol. The third kappa shape index (κ3) is 6.04. The van der Waals surface area contributed by atoms with Crippen molar-refractivity contribution in [3.63, 3.8) is 0 Å². The molecule has 2 aliphatic rings. The minimum Gasteiger partial charge on any atom is -0.480 e. The van der Waals surface area contributed by atoms with Gasteiger partial charge in [0.05, 0.1) is 12.6 Å². The van der Waals surface area contributed by atoms with Crippen molar-refractivity contribution in [1.29, 1.82) is 0 Å². The molecule has 0 aromatic heterocycles.